The first-order chi connectivity index (χ1) is 7.45. The summed E-state index contributed by atoms with van der Waals surface area (Å²) in [7, 11) is 0. The summed E-state index contributed by atoms with van der Waals surface area (Å²) in [6, 6.07) is 10.4. The number of anilines is 1. The van der Waals surface area contributed by atoms with Crippen LogP contribution in [-0.4, -0.2) is 12.4 Å². The van der Waals surface area contributed by atoms with Crippen molar-refractivity contribution >= 4 is 11.9 Å². The van der Waals surface area contributed by atoms with Crippen molar-refractivity contribution in [3.05, 3.63) is 54.8 Å². The molecule has 0 amide bonds. The molecule has 2 heteroatoms. The molecule has 2 aliphatic heterocycles. The minimum absolute atomic E-state index is 0.220. The summed E-state index contributed by atoms with van der Waals surface area (Å²) >= 11 is 0. The second-order valence-corrected chi connectivity index (χ2v) is 3.76. The molecule has 15 heavy (non-hydrogen) atoms. The highest BCUT2D eigenvalue weighted by Gasteiger charge is 2.28. The number of hydrogen-bond donors (Lipinski definition) is 0. The Morgan fingerprint density at radius 2 is 1.93 bits per heavy atom. The molecule has 0 N–H and O–H groups in total. The third-order valence-corrected chi connectivity index (χ3v) is 2.81. The van der Waals surface area contributed by atoms with Gasteiger partial charge in [-0.15, -0.1) is 0 Å². The zero-order valence-electron chi connectivity index (χ0n) is 8.32. The minimum Gasteiger partial charge on any atom is -0.325 e. The van der Waals surface area contributed by atoms with Crippen LogP contribution >= 0.6 is 0 Å². The summed E-state index contributed by atoms with van der Waals surface area (Å²) in [5, 5.41) is 0. The van der Waals surface area contributed by atoms with Crippen molar-refractivity contribution in [2.75, 3.05) is 4.90 Å². The SMILES string of the molecule is C1=CC2C=CN(c3ccccc3)C2N=C1. The van der Waals surface area contributed by atoms with Crippen molar-refractivity contribution < 1.29 is 0 Å². The molecule has 0 saturated carbocycles. The van der Waals surface area contributed by atoms with E-state index < -0.39 is 0 Å². The molecule has 1 aromatic carbocycles. The van der Waals surface area contributed by atoms with E-state index in [4.69, 9.17) is 0 Å². The van der Waals surface area contributed by atoms with Crippen molar-refractivity contribution in [2.45, 2.75) is 6.17 Å². The lowest BCUT2D eigenvalue weighted by Crippen LogP contribution is -2.30. The Bertz CT molecular complexity index is 431. The number of rotatable bonds is 1. The van der Waals surface area contributed by atoms with E-state index in [-0.39, 0.29) is 6.17 Å². The largest absolute Gasteiger partial charge is 0.325 e. The smallest absolute Gasteiger partial charge is 0.134 e. The van der Waals surface area contributed by atoms with Crippen molar-refractivity contribution in [1.29, 1.82) is 0 Å². The minimum atomic E-state index is 0.220. The molecule has 0 fully saturated rings. The van der Waals surface area contributed by atoms with Crippen LogP contribution in [0.25, 0.3) is 0 Å². The highest BCUT2D eigenvalue weighted by molar-refractivity contribution is 5.73. The van der Waals surface area contributed by atoms with E-state index in [1.165, 1.54) is 5.69 Å². The van der Waals surface area contributed by atoms with Crippen LogP contribution in [0.2, 0.25) is 0 Å². The highest BCUT2D eigenvalue weighted by Crippen LogP contribution is 2.30. The summed E-state index contributed by atoms with van der Waals surface area (Å²) in [5.41, 5.74) is 1.20. The van der Waals surface area contributed by atoms with Gasteiger partial charge < -0.3 is 4.90 Å². The van der Waals surface area contributed by atoms with E-state index in [1.807, 2.05) is 18.4 Å². The number of dihydropyridines is 1. The Labute approximate surface area is 89.3 Å². The van der Waals surface area contributed by atoms with E-state index in [2.05, 4.69) is 52.5 Å². The number of aliphatic imine (C=N–C) groups is 1. The van der Waals surface area contributed by atoms with Crippen LogP contribution in [0.3, 0.4) is 0 Å². The number of hydrogen-bond acceptors (Lipinski definition) is 2. The Morgan fingerprint density at radius 1 is 1.07 bits per heavy atom. The lowest BCUT2D eigenvalue weighted by molar-refractivity contribution is 0.622. The second-order valence-electron chi connectivity index (χ2n) is 3.76. The maximum Gasteiger partial charge on any atom is 0.134 e. The van der Waals surface area contributed by atoms with E-state index >= 15 is 0 Å². The van der Waals surface area contributed by atoms with Gasteiger partial charge in [0.05, 0.1) is 0 Å². The third kappa shape index (κ3) is 1.38. The van der Waals surface area contributed by atoms with Gasteiger partial charge in [0.2, 0.25) is 0 Å². The highest BCUT2D eigenvalue weighted by atomic mass is 15.3. The van der Waals surface area contributed by atoms with Crippen LogP contribution in [0.1, 0.15) is 0 Å². The first-order valence-electron chi connectivity index (χ1n) is 5.17. The molecule has 1 aromatic rings. The molecule has 0 spiro atoms. The topological polar surface area (TPSA) is 15.6 Å². The predicted molar refractivity (Wildman–Crippen MR) is 63.0 cm³/mol. The second kappa shape index (κ2) is 3.39. The average molecular weight is 196 g/mol. The fourth-order valence-corrected chi connectivity index (χ4v) is 2.05. The quantitative estimate of drug-likeness (QED) is 0.674. The van der Waals surface area contributed by atoms with Crippen LogP contribution in [0, 0.1) is 5.92 Å². The van der Waals surface area contributed by atoms with Crippen LogP contribution in [0.4, 0.5) is 5.69 Å². The molecular formula is C13H12N2. The van der Waals surface area contributed by atoms with Crippen molar-refractivity contribution in [1.82, 2.24) is 0 Å². The van der Waals surface area contributed by atoms with Gasteiger partial charge in [0.25, 0.3) is 0 Å². The number of fused-ring (bicyclic) bond motifs is 1. The lowest BCUT2D eigenvalue weighted by atomic mass is 10.1. The average Bonchev–Trinajstić information content (AvgIpc) is 2.74. The Morgan fingerprint density at radius 3 is 2.80 bits per heavy atom. The summed E-state index contributed by atoms with van der Waals surface area (Å²) < 4.78 is 0. The summed E-state index contributed by atoms with van der Waals surface area (Å²) in [6.45, 7) is 0. The van der Waals surface area contributed by atoms with Crippen LogP contribution in [0.15, 0.2) is 59.8 Å². The molecule has 0 aromatic heterocycles. The first kappa shape index (κ1) is 8.48. The van der Waals surface area contributed by atoms with Gasteiger partial charge in [0.15, 0.2) is 0 Å². The number of nitrogens with zero attached hydrogens (tertiary/aromatic N) is 2. The molecule has 2 unspecified atom stereocenters. The molecule has 0 radical (unpaired) electrons. The van der Waals surface area contributed by atoms with Gasteiger partial charge in [0, 0.05) is 24.0 Å². The van der Waals surface area contributed by atoms with Gasteiger partial charge >= 0.3 is 0 Å². The molecule has 0 saturated heterocycles. The van der Waals surface area contributed by atoms with Gasteiger partial charge in [-0.25, -0.2) is 0 Å². The van der Waals surface area contributed by atoms with Gasteiger partial charge in [-0.2, -0.15) is 0 Å². The fourth-order valence-electron chi connectivity index (χ4n) is 2.05. The Balaban J connectivity index is 1.93. The zero-order valence-corrected chi connectivity index (χ0v) is 8.32. The van der Waals surface area contributed by atoms with Crippen molar-refractivity contribution in [3.63, 3.8) is 0 Å². The molecule has 2 nitrogen and oxygen atoms in total. The number of allylic oxidation sites excluding steroid dienone is 1. The van der Waals surface area contributed by atoms with Gasteiger partial charge in [-0.1, -0.05) is 30.4 Å². The standard InChI is InChI=1S/C13H12N2/c1-2-6-12(7-3-1)15-10-8-11-5-4-9-14-13(11)15/h1-11,13H. The van der Waals surface area contributed by atoms with E-state index in [1.54, 1.807) is 0 Å². The van der Waals surface area contributed by atoms with Crippen molar-refractivity contribution in [2.24, 2.45) is 10.9 Å². The Hall–Kier alpha value is -1.83. The number of para-hydroxylation sites is 1. The lowest BCUT2D eigenvalue weighted by Gasteiger charge is -2.26. The first-order valence-corrected chi connectivity index (χ1v) is 5.17. The van der Waals surface area contributed by atoms with Crippen LogP contribution < -0.4 is 4.90 Å². The van der Waals surface area contributed by atoms with E-state index in [0.717, 1.165) is 0 Å². The molecule has 2 atom stereocenters. The zero-order chi connectivity index (χ0) is 10.1. The number of benzene rings is 1. The maximum absolute atomic E-state index is 4.50. The monoisotopic (exact) mass is 196 g/mol. The molecule has 74 valence electrons. The predicted octanol–water partition coefficient (Wildman–Crippen LogP) is 2.60. The fraction of sp³-hybridized carbons (Fsp3) is 0.154. The molecule has 2 heterocycles. The van der Waals surface area contributed by atoms with Gasteiger partial charge in [-0.3, -0.25) is 4.99 Å². The van der Waals surface area contributed by atoms with E-state index in [0.29, 0.717) is 5.92 Å². The normalized spacial score (nSPS) is 27.1. The summed E-state index contributed by atoms with van der Waals surface area (Å²) in [4.78, 5) is 6.71. The molecule has 2 aliphatic rings. The third-order valence-electron chi connectivity index (χ3n) is 2.81. The van der Waals surface area contributed by atoms with Crippen molar-refractivity contribution in [3.8, 4) is 0 Å². The molecule has 0 aliphatic carbocycles. The van der Waals surface area contributed by atoms with Gasteiger partial charge in [-0.05, 0) is 18.2 Å². The molecule has 0 bridgehead atoms. The molecule has 3 rings (SSSR count). The van der Waals surface area contributed by atoms with Crippen LogP contribution in [0.5, 0.6) is 0 Å². The molecular weight excluding hydrogens is 184 g/mol. The van der Waals surface area contributed by atoms with Gasteiger partial charge in [0.1, 0.15) is 6.17 Å². The van der Waals surface area contributed by atoms with Crippen LogP contribution in [-0.2, 0) is 0 Å². The summed E-state index contributed by atoms with van der Waals surface area (Å²) in [5.74, 6) is 0.426. The maximum atomic E-state index is 4.50. The van der Waals surface area contributed by atoms with E-state index in [9.17, 15) is 0 Å². The Kier molecular flexibility index (Phi) is 1.91. The summed E-state index contributed by atoms with van der Waals surface area (Å²) in [6.07, 6.45) is 10.6.